The first-order valence-electron chi connectivity index (χ1n) is 25.6. The van der Waals surface area contributed by atoms with E-state index in [4.69, 9.17) is 19.9 Å². The molecule has 2 saturated carbocycles. The first-order chi connectivity index (χ1) is 34.4. The average Bonchev–Trinajstić information content (AvgIpc) is 3.35. The van der Waals surface area contributed by atoms with E-state index >= 15 is 0 Å². The molecule has 392 valence electrons. The van der Waals surface area contributed by atoms with Gasteiger partial charge in [0.05, 0.1) is 23.3 Å². The lowest BCUT2D eigenvalue weighted by atomic mass is 9.82. The number of likely N-dealkylation sites (tertiary alicyclic amines) is 1. The molecular weight excluding hydrogens is 1250 g/mol. The molecule has 0 unspecified atom stereocenters. The maximum atomic E-state index is 11.1. The molecule has 0 amide bonds. The van der Waals surface area contributed by atoms with E-state index < -0.39 is 11.9 Å². The van der Waals surface area contributed by atoms with Crippen molar-refractivity contribution < 1.29 is 34.3 Å². The first-order valence-corrected chi connectivity index (χ1v) is 31.9. The number of oxime groups is 2. The molecule has 4 aromatic rings. The van der Waals surface area contributed by atoms with Crippen LogP contribution in [0.25, 0.3) is 0 Å². The number of aliphatic carboxylic acids is 2. The summed E-state index contributed by atoms with van der Waals surface area (Å²) in [5.41, 5.74) is 16.1. The number of carbonyl (C=O) groups is 3. The zero-order chi connectivity index (χ0) is 51.3. The molecule has 3 N–H and O–H groups in total. The van der Waals surface area contributed by atoms with Crippen LogP contribution >= 0.6 is 61.2 Å². The van der Waals surface area contributed by atoms with Gasteiger partial charge in [0, 0.05) is 75.5 Å². The van der Waals surface area contributed by atoms with E-state index in [0.29, 0.717) is 39.4 Å². The molecule has 0 bridgehead atoms. The second kappa shape index (κ2) is 32.1. The third kappa shape index (κ3) is 18.4. The molecule has 4 fully saturated rings. The van der Waals surface area contributed by atoms with Gasteiger partial charge in [-0.15, -0.1) is 24.0 Å². The minimum Gasteiger partial charge on any atom is -0.481 e. The van der Waals surface area contributed by atoms with E-state index in [1.807, 2.05) is 32.0 Å². The van der Waals surface area contributed by atoms with Crippen LogP contribution in [0, 0.1) is 25.7 Å². The number of halogens is 3. The maximum Gasteiger partial charge on any atom is 0.309 e. The summed E-state index contributed by atoms with van der Waals surface area (Å²) in [7, 11) is 0. The van der Waals surface area contributed by atoms with Crippen LogP contribution < -0.4 is 5.32 Å². The highest BCUT2D eigenvalue weighted by molar-refractivity contribution is 15.0. The minimum absolute atomic E-state index is 0. The van der Waals surface area contributed by atoms with Crippen molar-refractivity contribution in [1.29, 1.82) is 0 Å². The second-order valence-corrected chi connectivity index (χ2v) is 19.6. The summed E-state index contributed by atoms with van der Waals surface area (Å²) in [6.45, 7) is 16.9. The molecule has 72 heavy (non-hydrogen) atoms. The van der Waals surface area contributed by atoms with E-state index in [-0.39, 0.29) is 35.8 Å². The molecule has 0 spiro atoms. The third-order valence-electron chi connectivity index (χ3n) is 14.5. The zero-order valence-corrected chi connectivity index (χ0v) is 49.8. The van der Waals surface area contributed by atoms with Gasteiger partial charge in [-0.2, -0.15) is 0 Å². The molecule has 4 aliphatic rings. The summed E-state index contributed by atoms with van der Waals surface area (Å²) < 4.78 is 0. The molecule has 2 saturated heterocycles. The van der Waals surface area contributed by atoms with E-state index in [1.54, 1.807) is 0 Å². The van der Waals surface area contributed by atoms with E-state index in [1.165, 1.54) is 97.6 Å². The summed E-state index contributed by atoms with van der Waals surface area (Å²) in [4.78, 5) is 45.6. The number of hydrogen-bond acceptors (Lipinski definition) is 9. The Morgan fingerprint density at radius 1 is 0.653 bits per heavy atom. The Morgan fingerprint density at radius 3 is 1.50 bits per heavy atom. The highest BCUT2D eigenvalue weighted by Crippen LogP contribution is 2.36. The normalized spacial score (nSPS) is 16.7. The fourth-order valence-corrected chi connectivity index (χ4v) is 10.1. The largest absolute Gasteiger partial charge is 0.481 e. The number of nitrogens with zero attached hydrogens (tertiary/aromatic N) is 3. The molecule has 0 atom stereocenters. The Morgan fingerprint density at radius 2 is 1.11 bits per heavy atom. The molecule has 14 heteroatoms. The summed E-state index contributed by atoms with van der Waals surface area (Å²) in [5.74, 6) is -0.253. The number of carboxylic acid groups (broad SMARTS) is 2. The van der Waals surface area contributed by atoms with Crippen LogP contribution in [0.1, 0.15) is 175 Å². The summed E-state index contributed by atoms with van der Waals surface area (Å²) in [6.07, 6.45) is 16.1. The molecular formula is C58H77I3N4O7. The summed E-state index contributed by atoms with van der Waals surface area (Å²) in [5, 5.41) is 28.8. The van der Waals surface area contributed by atoms with Gasteiger partial charge in [-0.1, -0.05) is 123 Å². The van der Waals surface area contributed by atoms with E-state index in [2.05, 4.69) is 140 Å². The Labute approximate surface area is 469 Å². The maximum absolute atomic E-state index is 11.1. The number of aldehydes is 1. The molecule has 8 rings (SSSR count). The smallest absolute Gasteiger partial charge is 0.309 e. The quantitative estimate of drug-likeness (QED) is 0.0406. The Bertz CT molecular complexity index is 2420. The van der Waals surface area contributed by atoms with Gasteiger partial charge in [-0.3, -0.25) is 19.3 Å². The summed E-state index contributed by atoms with van der Waals surface area (Å²) >= 11 is 4.24. The Balaban J connectivity index is 0.000000267. The van der Waals surface area contributed by atoms with Crippen LogP contribution in [0.3, 0.4) is 0 Å². The fourth-order valence-electron chi connectivity index (χ4n) is 10.1. The number of hydrogen-bond donors (Lipinski definition) is 3. The number of nitrogens with one attached hydrogen (secondary N) is 1. The molecule has 11 nitrogen and oxygen atoms in total. The lowest BCUT2D eigenvalue weighted by Crippen LogP contribution is -2.49. The van der Waals surface area contributed by atoms with Gasteiger partial charge in [-0.05, 0) is 151 Å². The second-order valence-electron chi connectivity index (χ2n) is 19.6. The average molecular weight is 1320 g/mol. The van der Waals surface area contributed by atoms with Gasteiger partial charge in [-0.25, -0.2) is 0 Å². The molecule has 0 aromatic heterocycles. The zero-order valence-electron chi connectivity index (χ0n) is 43.2. The van der Waals surface area contributed by atoms with E-state index in [9.17, 15) is 14.4 Å². The van der Waals surface area contributed by atoms with Crippen molar-refractivity contribution in [2.45, 2.75) is 150 Å². The fraction of sp³-hybridized carbons (Fsp3) is 0.500. The van der Waals surface area contributed by atoms with Crippen LogP contribution in [-0.4, -0.2) is 70.9 Å². The van der Waals surface area contributed by atoms with Crippen LogP contribution in [0.2, 0.25) is 0 Å². The van der Waals surface area contributed by atoms with Crippen molar-refractivity contribution in [3.8, 4) is 0 Å². The first kappa shape index (κ1) is 61.1. The van der Waals surface area contributed by atoms with Crippen molar-refractivity contribution in [2.75, 3.05) is 26.2 Å². The summed E-state index contributed by atoms with van der Waals surface area (Å²) in [6, 6.07) is 25.7. The highest BCUT2D eigenvalue weighted by Gasteiger charge is 2.32. The van der Waals surface area contributed by atoms with Crippen LogP contribution in [0.5, 0.6) is 0 Å². The molecule has 4 aromatic carbocycles. The van der Waals surface area contributed by atoms with Crippen molar-refractivity contribution in [2.24, 2.45) is 22.1 Å². The van der Waals surface area contributed by atoms with Gasteiger partial charge >= 0.3 is 11.9 Å². The number of rotatable bonds is 17. The molecule has 2 aliphatic carbocycles. The lowest BCUT2D eigenvalue weighted by Gasteiger charge is -2.37. The monoisotopic (exact) mass is 1320 g/mol. The SMILES string of the molecule is CCc1cc(/C(C)=N/OCc2ccc(C3CCCCC3)c(C)c2)ccc1C=O.CCc1cc(/C(C)=N/OCc2ccc(C3CCCCC3)c(C)c2)ccc1CN1CC(C(=O)O)C1.I.II.O=C(O)C1CNC1. The highest BCUT2D eigenvalue weighted by atomic mass is 128. The predicted molar refractivity (Wildman–Crippen MR) is 319 cm³/mol. The van der Waals surface area contributed by atoms with Gasteiger partial charge in [0.1, 0.15) is 19.5 Å². The molecule has 2 heterocycles. The Kier molecular flexibility index (Phi) is 27.2. The van der Waals surface area contributed by atoms with Crippen molar-refractivity contribution >= 4 is 90.9 Å². The number of carbonyl (C=O) groups excluding carboxylic acids is 1. The van der Waals surface area contributed by atoms with Gasteiger partial charge in [0.25, 0.3) is 0 Å². The minimum atomic E-state index is -0.690. The van der Waals surface area contributed by atoms with Crippen molar-refractivity contribution in [3.63, 3.8) is 0 Å². The number of carboxylic acids is 2. The lowest BCUT2D eigenvalue weighted by molar-refractivity contribution is -0.148. The van der Waals surface area contributed by atoms with Crippen molar-refractivity contribution in [3.05, 3.63) is 140 Å². The van der Waals surface area contributed by atoms with Gasteiger partial charge in [0.2, 0.25) is 0 Å². The predicted octanol–water partition coefficient (Wildman–Crippen LogP) is 14.1. The van der Waals surface area contributed by atoms with Crippen LogP contribution in [-0.2, 0) is 51.9 Å². The van der Waals surface area contributed by atoms with Crippen LogP contribution in [0.15, 0.2) is 83.1 Å². The van der Waals surface area contributed by atoms with Crippen LogP contribution in [0.4, 0.5) is 0 Å². The number of aryl methyl sites for hydroxylation is 4. The molecule has 0 radical (unpaired) electrons. The van der Waals surface area contributed by atoms with E-state index in [0.717, 1.165) is 82.3 Å². The van der Waals surface area contributed by atoms with Crippen molar-refractivity contribution in [1.82, 2.24) is 10.2 Å². The Hall–Kier alpha value is -3.46. The number of benzene rings is 4. The standard InChI is InChI=1S/C29H38N2O3.C25H31NO2.C4H7NO2.I2.HI/c1-4-23-15-25(11-12-26(23)16-31-17-27(18-31)29(32)33)21(3)30-34-19-22-10-13-28(20(2)14-22)24-8-6-5-7-9-24;1-4-21-15-23(11-12-24(21)16-27)19(3)26-28-17-20-10-13-25(18(2)14-20)22-8-6-5-7-9-22;6-4(7)3-1-5-2-3;1-2;/h10-15,24,27H,4-9,16-19H2,1-3H3,(H,32,33);10-16,22H,4-9,17H2,1-3H3;3,5H,1-2H2,(H,6,7);;1H/b30-21+;26-19+;;;. The molecule has 2 aliphatic heterocycles. The van der Waals surface area contributed by atoms with Gasteiger partial charge in [0.15, 0.2) is 0 Å². The van der Waals surface area contributed by atoms with Gasteiger partial charge < -0.3 is 25.2 Å². The third-order valence-corrected chi connectivity index (χ3v) is 14.5. The topological polar surface area (TPSA) is 150 Å².